The molecule has 0 aliphatic carbocycles. The standard InChI is InChI=1S/C20H26N4O4/c1-3-14(2)28-16-6-4-5-15(13-16)19-21-20(26)17(22-23-19)7-8-18(25)24-9-11-27-12-10-24/h4-6,13-14H,3,7-12H2,1-2H3,(H,21,23,26)/t14-/m0/s1. The van der Waals surface area contributed by atoms with Gasteiger partial charge in [0.25, 0.3) is 5.56 Å². The summed E-state index contributed by atoms with van der Waals surface area (Å²) in [6.07, 6.45) is 1.50. The van der Waals surface area contributed by atoms with Gasteiger partial charge in [0, 0.05) is 31.5 Å². The van der Waals surface area contributed by atoms with Crippen molar-refractivity contribution in [3.8, 4) is 17.1 Å². The van der Waals surface area contributed by atoms with E-state index in [0.29, 0.717) is 32.1 Å². The Morgan fingerprint density at radius 3 is 2.82 bits per heavy atom. The minimum absolute atomic E-state index is 0.00321. The average Bonchev–Trinajstić information content (AvgIpc) is 2.73. The highest BCUT2D eigenvalue weighted by molar-refractivity contribution is 5.76. The van der Waals surface area contributed by atoms with Gasteiger partial charge in [-0.25, -0.2) is 0 Å². The molecule has 1 fully saturated rings. The van der Waals surface area contributed by atoms with Crippen LogP contribution in [0.25, 0.3) is 11.4 Å². The highest BCUT2D eigenvalue weighted by Gasteiger charge is 2.17. The first-order chi connectivity index (χ1) is 13.6. The number of rotatable bonds is 7. The van der Waals surface area contributed by atoms with Crippen molar-refractivity contribution in [2.75, 3.05) is 26.3 Å². The monoisotopic (exact) mass is 386 g/mol. The van der Waals surface area contributed by atoms with Crippen molar-refractivity contribution in [1.82, 2.24) is 20.1 Å². The van der Waals surface area contributed by atoms with Gasteiger partial charge in [-0.3, -0.25) is 9.59 Å². The Hall–Kier alpha value is -2.74. The SMILES string of the molecule is CC[C@H](C)Oc1cccc(-c2nnc(CCC(=O)N3CCOCC3)c(=O)[nH]2)c1. The van der Waals surface area contributed by atoms with E-state index in [0.717, 1.165) is 17.7 Å². The maximum absolute atomic E-state index is 12.4. The van der Waals surface area contributed by atoms with Crippen molar-refractivity contribution in [3.63, 3.8) is 0 Å². The van der Waals surface area contributed by atoms with E-state index in [1.165, 1.54) is 0 Å². The van der Waals surface area contributed by atoms with Crippen molar-refractivity contribution in [2.45, 2.75) is 39.2 Å². The molecule has 1 saturated heterocycles. The van der Waals surface area contributed by atoms with Crippen LogP contribution in [-0.4, -0.2) is 58.4 Å². The summed E-state index contributed by atoms with van der Waals surface area (Å²) in [5.41, 5.74) is 0.659. The quantitative estimate of drug-likeness (QED) is 0.779. The number of ether oxygens (including phenoxy) is 2. The summed E-state index contributed by atoms with van der Waals surface area (Å²) in [5, 5.41) is 8.18. The lowest BCUT2D eigenvalue weighted by molar-refractivity contribution is -0.135. The van der Waals surface area contributed by atoms with E-state index in [2.05, 4.69) is 22.1 Å². The minimum atomic E-state index is -0.326. The van der Waals surface area contributed by atoms with Gasteiger partial charge in [0.2, 0.25) is 5.91 Å². The lowest BCUT2D eigenvalue weighted by Gasteiger charge is -2.26. The van der Waals surface area contributed by atoms with Gasteiger partial charge in [-0.15, -0.1) is 10.2 Å². The number of hydrogen-bond acceptors (Lipinski definition) is 6. The first kappa shape index (κ1) is 20.0. The normalized spacial score (nSPS) is 15.3. The molecule has 1 aromatic carbocycles. The lowest BCUT2D eigenvalue weighted by atomic mass is 10.2. The number of benzene rings is 1. The van der Waals surface area contributed by atoms with E-state index in [1.807, 2.05) is 31.2 Å². The van der Waals surface area contributed by atoms with E-state index >= 15 is 0 Å². The summed E-state index contributed by atoms with van der Waals surface area (Å²) >= 11 is 0. The zero-order valence-electron chi connectivity index (χ0n) is 16.3. The van der Waals surface area contributed by atoms with E-state index in [1.54, 1.807) is 4.90 Å². The molecule has 1 N–H and O–H groups in total. The number of amides is 1. The molecule has 8 nitrogen and oxygen atoms in total. The van der Waals surface area contributed by atoms with Gasteiger partial charge in [-0.2, -0.15) is 0 Å². The molecule has 1 atom stereocenters. The third kappa shape index (κ3) is 5.16. The maximum atomic E-state index is 12.4. The number of nitrogens with zero attached hydrogens (tertiary/aromatic N) is 3. The van der Waals surface area contributed by atoms with E-state index in [-0.39, 0.29) is 36.1 Å². The molecule has 1 amide bonds. The summed E-state index contributed by atoms with van der Waals surface area (Å²) in [4.78, 5) is 29.1. The second-order valence-corrected chi connectivity index (χ2v) is 6.81. The van der Waals surface area contributed by atoms with Gasteiger partial charge in [-0.05, 0) is 25.5 Å². The summed E-state index contributed by atoms with van der Waals surface area (Å²) < 4.78 is 11.1. The highest BCUT2D eigenvalue weighted by atomic mass is 16.5. The van der Waals surface area contributed by atoms with Crippen molar-refractivity contribution in [2.24, 2.45) is 0 Å². The number of aromatic amines is 1. The molecule has 0 bridgehead atoms. The molecule has 8 heteroatoms. The molecule has 1 aliphatic heterocycles. The van der Waals surface area contributed by atoms with Gasteiger partial charge >= 0.3 is 0 Å². The molecule has 150 valence electrons. The first-order valence-electron chi connectivity index (χ1n) is 9.65. The van der Waals surface area contributed by atoms with Crippen molar-refractivity contribution in [3.05, 3.63) is 40.3 Å². The van der Waals surface area contributed by atoms with Gasteiger partial charge in [0.05, 0.1) is 19.3 Å². The van der Waals surface area contributed by atoms with Crippen LogP contribution in [0.4, 0.5) is 0 Å². The molecule has 0 spiro atoms. The zero-order valence-corrected chi connectivity index (χ0v) is 16.3. The topological polar surface area (TPSA) is 97.4 Å². The van der Waals surface area contributed by atoms with Crippen LogP contribution in [-0.2, 0) is 16.0 Å². The van der Waals surface area contributed by atoms with Crippen LogP contribution in [0.2, 0.25) is 0 Å². The van der Waals surface area contributed by atoms with Crippen molar-refractivity contribution in [1.29, 1.82) is 0 Å². The fraction of sp³-hybridized carbons (Fsp3) is 0.500. The molecule has 0 saturated carbocycles. The van der Waals surface area contributed by atoms with E-state index in [4.69, 9.17) is 9.47 Å². The minimum Gasteiger partial charge on any atom is -0.491 e. The number of H-pyrrole nitrogens is 1. The Labute approximate surface area is 163 Å². The molecular formula is C20H26N4O4. The largest absolute Gasteiger partial charge is 0.491 e. The van der Waals surface area contributed by atoms with Crippen LogP contribution < -0.4 is 10.3 Å². The van der Waals surface area contributed by atoms with Crippen LogP contribution >= 0.6 is 0 Å². The molecule has 1 aromatic heterocycles. The fourth-order valence-corrected chi connectivity index (χ4v) is 2.88. The number of morpholine rings is 1. The van der Waals surface area contributed by atoms with Gasteiger partial charge < -0.3 is 19.4 Å². The van der Waals surface area contributed by atoms with Crippen molar-refractivity contribution < 1.29 is 14.3 Å². The number of carbonyl (C=O) groups is 1. The predicted molar refractivity (Wildman–Crippen MR) is 104 cm³/mol. The van der Waals surface area contributed by atoms with Crippen LogP contribution in [0.15, 0.2) is 29.1 Å². The highest BCUT2D eigenvalue weighted by Crippen LogP contribution is 2.21. The van der Waals surface area contributed by atoms with Crippen molar-refractivity contribution >= 4 is 5.91 Å². The summed E-state index contributed by atoms with van der Waals surface area (Å²) in [5.74, 6) is 1.10. The number of aromatic nitrogens is 3. The molecule has 0 radical (unpaired) electrons. The number of aryl methyl sites for hydroxylation is 1. The average molecular weight is 386 g/mol. The second-order valence-electron chi connectivity index (χ2n) is 6.81. The smallest absolute Gasteiger partial charge is 0.273 e. The Bertz CT molecular complexity index is 861. The molecule has 28 heavy (non-hydrogen) atoms. The summed E-state index contributed by atoms with van der Waals surface area (Å²) in [6.45, 7) is 6.35. The second kappa shape index (κ2) is 9.45. The number of nitrogens with one attached hydrogen (secondary N) is 1. The molecule has 3 rings (SSSR count). The van der Waals surface area contributed by atoms with Crippen LogP contribution in [0.3, 0.4) is 0 Å². The Balaban J connectivity index is 1.66. The maximum Gasteiger partial charge on any atom is 0.273 e. The Morgan fingerprint density at radius 1 is 1.32 bits per heavy atom. The number of carbonyl (C=O) groups excluding carboxylic acids is 1. The fourth-order valence-electron chi connectivity index (χ4n) is 2.88. The predicted octanol–water partition coefficient (Wildman–Crippen LogP) is 1.80. The Morgan fingerprint density at radius 2 is 2.11 bits per heavy atom. The van der Waals surface area contributed by atoms with Gasteiger partial charge in [-0.1, -0.05) is 19.1 Å². The lowest BCUT2D eigenvalue weighted by Crippen LogP contribution is -2.41. The molecule has 1 aliphatic rings. The molecule has 2 heterocycles. The van der Waals surface area contributed by atoms with Crippen LogP contribution in [0, 0.1) is 0 Å². The summed E-state index contributed by atoms with van der Waals surface area (Å²) in [6, 6.07) is 7.38. The van der Waals surface area contributed by atoms with E-state index < -0.39 is 0 Å². The number of hydrogen-bond donors (Lipinski definition) is 1. The molecular weight excluding hydrogens is 360 g/mol. The van der Waals surface area contributed by atoms with Crippen LogP contribution in [0.1, 0.15) is 32.4 Å². The van der Waals surface area contributed by atoms with Gasteiger partial charge in [0.1, 0.15) is 11.4 Å². The third-order valence-corrected chi connectivity index (χ3v) is 4.72. The van der Waals surface area contributed by atoms with Crippen LogP contribution in [0.5, 0.6) is 5.75 Å². The van der Waals surface area contributed by atoms with E-state index in [9.17, 15) is 9.59 Å². The third-order valence-electron chi connectivity index (χ3n) is 4.72. The first-order valence-corrected chi connectivity index (χ1v) is 9.65. The van der Waals surface area contributed by atoms with Gasteiger partial charge in [0.15, 0.2) is 5.82 Å². The summed E-state index contributed by atoms with van der Waals surface area (Å²) in [7, 11) is 0. The Kier molecular flexibility index (Phi) is 6.76. The molecule has 0 unspecified atom stereocenters. The molecule has 2 aromatic rings. The zero-order chi connectivity index (χ0) is 19.9.